The highest BCUT2D eigenvalue weighted by Crippen LogP contribution is 2.49. The van der Waals surface area contributed by atoms with Gasteiger partial charge in [0.1, 0.15) is 24.4 Å². The lowest BCUT2D eigenvalue weighted by Crippen LogP contribution is -2.62. The van der Waals surface area contributed by atoms with Crippen LogP contribution in [0.1, 0.15) is 123 Å². The molecule has 1 fully saturated rings. The zero-order chi connectivity index (χ0) is 36.2. The summed E-state index contributed by atoms with van der Waals surface area (Å²) in [7, 11) is -9.97. The molecule has 4 unspecified atom stereocenters. The van der Waals surface area contributed by atoms with Crippen LogP contribution >= 0.6 is 27.2 Å². The van der Waals surface area contributed by atoms with Crippen molar-refractivity contribution in [1.29, 1.82) is 0 Å². The molecule has 0 spiro atoms. The number of phosphoric acid groups is 1. The van der Waals surface area contributed by atoms with Crippen molar-refractivity contribution in [2.24, 2.45) is 5.92 Å². The molecular formula is C31H60O14P2S. The Morgan fingerprint density at radius 2 is 1.25 bits per heavy atom. The SMILES string of the molecule is CCCCCCCCCCCCCCCC(=O)O[C@H](CCSC(=O)CCC)COP(=O)(O)OC1C(O)[C@@H](O)C(O)[C@@H](CP(=O)(O)O)[C@H]1O. The van der Waals surface area contributed by atoms with E-state index in [2.05, 4.69) is 6.92 Å². The summed E-state index contributed by atoms with van der Waals surface area (Å²) in [6.07, 6.45) is 3.82. The van der Waals surface area contributed by atoms with E-state index in [1.807, 2.05) is 6.92 Å². The zero-order valence-corrected chi connectivity index (χ0v) is 31.1. The lowest BCUT2D eigenvalue weighted by atomic mass is 9.79. The molecule has 1 aliphatic rings. The van der Waals surface area contributed by atoms with Crippen LogP contribution < -0.4 is 0 Å². The topological polar surface area (TPSA) is 238 Å². The van der Waals surface area contributed by atoms with Gasteiger partial charge in [0.25, 0.3) is 0 Å². The molecule has 0 heterocycles. The molecule has 284 valence electrons. The van der Waals surface area contributed by atoms with Gasteiger partial charge in [0.05, 0.1) is 25.0 Å². The number of carbonyl (C=O) groups is 2. The highest BCUT2D eigenvalue weighted by atomic mass is 32.2. The average Bonchev–Trinajstić information content (AvgIpc) is 3.01. The van der Waals surface area contributed by atoms with Gasteiger partial charge >= 0.3 is 21.4 Å². The molecule has 7 N–H and O–H groups in total. The van der Waals surface area contributed by atoms with Crippen molar-refractivity contribution in [3.8, 4) is 0 Å². The minimum Gasteiger partial charge on any atom is -0.460 e. The highest BCUT2D eigenvalue weighted by molar-refractivity contribution is 8.13. The lowest BCUT2D eigenvalue weighted by Gasteiger charge is -2.43. The first-order valence-corrected chi connectivity index (χ1v) is 21.7. The predicted octanol–water partition coefficient (Wildman–Crippen LogP) is 4.58. The Hall–Kier alpha value is -0.410. The number of esters is 1. The highest BCUT2D eigenvalue weighted by Gasteiger charge is 2.53. The van der Waals surface area contributed by atoms with Crippen molar-refractivity contribution < 1.29 is 67.6 Å². The van der Waals surface area contributed by atoms with Crippen LogP contribution in [-0.4, -0.2) is 101 Å². The molecular weight excluding hydrogens is 690 g/mol. The van der Waals surface area contributed by atoms with Gasteiger partial charge in [-0.15, -0.1) is 0 Å². The number of rotatable bonds is 27. The molecule has 1 saturated carbocycles. The van der Waals surface area contributed by atoms with Crippen molar-refractivity contribution >= 4 is 38.3 Å². The number of ether oxygens (including phenoxy) is 1. The van der Waals surface area contributed by atoms with E-state index in [0.717, 1.165) is 37.4 Å². The van der Waals surface area contributed by atoms with E-state index in [4.69, 9.17) is 13.8 Å². The molecule has 8 atom stereocenters. The monoisotopic (exact) mass is 750 g/mol. The second kappa shape index (κ2) is 24.7. The van der Waals surface area contributed by atoms with Crippen molar-refractivity contribution in [3.05, 3.63) is 0 Å². The van der Waals surface area contributed by atoms with Crippen LogP contribution in [0, 0.1) is 5.92 Å². The fourth-order valence-electron chi connectivity index (χ4n) is 5.56. The number of carbonyl (C=O) groups excluding carboxylic acids is 2. The predicted molar refractivity (Wildman–Crippen MR) is 182 cm³/mol. The van der Waals surface area contributed by atoms with Crippen LogP contribution in [0.15, 0.2) is 0 Å². The average molecular weight is 751 g/mol. The number of unbranched alkanes of at least 4 members (excludes halogenated alkanes) is 12. The van der Waals surface area contributed by atoms with Gasteiger partial charge in [-0.05, 0) is 19.3 Å². The Morgan fingerprint density at radius 1 is 0.708 bits per heavy atom. The molecule has 0 bridgehead atoms. The minimum absolute atomic E-state index is 0.0579. The molecule has 1 rings (SSSR count). The lowest BCUT2D eigenvalue weighted by molar-refractivity contribution is -0.196. The Kier molecular flexibility index (Phi) is 23.5. The normalized spacial score (nSPS) is 25.0. The van der Waals surface area contributed by atoms with Crippen molar-refractivity contribution in [2.45, 2.75) is 160 Å². The molecule has 0 aromatic heterocycles. The largest absolute Gasteiger partial charge is 0.472 e. The third kappa shape index (κ3) is 19.8. The Morgan fingerprint density at radius 3 is 1.77 bits per heavy atom. The second-order valence-electron chi connectivity index (χ2n) is 12.7. The maximum atomic E-state index is 12.8. The number of phosphoric ester groups is 1. The molecule has 0 radical (unpaired) electrons. The maximum absolute atomic E-state index is 12.8. The van der Waals surface area contributed by atoms with E-state index in [1.165, 1.54) is 51.4 Å². The van der Waals surface area contributed by atoms with E-state index < -0.39 is 76.7 Å². The third-order valence-corrected chi connectivity index (χ3v) is 11.2. The van der Waals surface area contributed by atoms with E-state index >= 15 is 0 Å². The number of hydrogen-bond acceptors (Lipinski definition) is 12. The summed E-state index contributed by atoms with van der Waals surface area (Å²) in [5.74, 6) is -2.00. The number of thioether (sulfide) groups is 1. The first-order valence-electron chi connectivity index (χ1n) is 17.4. The molecule has 0 amide bonds. The van der Waals surface area contributed by atoms with Crippen molar-refractivity contribution in [3.63, 3.8) is 0 Å². The quantitative estimate of drug-likeness (QED) is 0.0346. The summed E-state index contributed by atoms with van der Waals surface area (Å²) < 4.78 is 39.7. The van der Waals surface area contributed by atoms with Crippen LogP contribution in [0.4, 0.5) is 0 Å². The van der Waals surface area contributed by atoms with Crippen LogP contribution in [0.25, 0.3) is 0 Å². The van der Waals surface area contributed by atoms with Gasteiger partial charge in [-0.2, -0.15) is 0 Å². The fourth-order valence-corrected chi connectivity index (χ4v) is 8.47. The summed E-state index contributed by atoms with van der Waals surface area (Å²) in [4.78, 5) is 53.5. The van der Waals surface area contributed by atoms with Gasteiger partial charge in [0.2, 0.25) is 0 Å². The van der Waals surface area contributed by atoms with Gasteiger partial charge in [-0.1, -0.05) is 103 Å². The first-order chi connectivity index (χ1) is 22.6. The first kappa shape index (κ1) is 45.6. The number of aliphatic hydroxyl groups excluding tert-OH is 4. The zero-order valence-electron chi connectivity index (χ0n) is 28.5. The van der Waals surface area contributed by atoms with E-state index in [1.54, 1.807) is 0 Å². The maximum Gasteiger partial charge on any atom is 0.472 e. The molecule has 0 saturated heterocycles. The fraction of sp³-hybridized carbons (Fsp3) is 0.935. The summed E-state index contributed by atoms with van der Waals surface area (Å²) in [6, 6.07) is 0. The van der Waals surface area contributed by atoms with E-state index in [-0.39, 0.29) is 23.7 Å². The molecule has 1 aliphatic carbocycles. The van der Waals surface area contributed by atoms with Gasteiger partial charge in [0, 0.05) is 24.5 Å². The molecule has 17 heteroatoms. The summed E-state index contributed by atoms with van der Waals surface area (Å²) >= 11 is 1.03. The standard InChI is InChI=1S/C31H60O14P2S/c1-3-5-6-7-8-9-10-11-12-13-14-15-16-18-25(32)44-23(19-20-48-26(33)17-4-2)21-43-47(41,42)45-31-28(35)24(22-46(38,39)40)27(34)29(36)30(31)37/h23-24,27-31,34-37H,3-22H2,1-2H3,(H,41,42)(H2,38,39,40)/t23-,24-,27?,28-,29+,30?,31?/m1/s1. The Bertz CT molecular complexity index is 998. The van der Waals surface area contributed by atoms with Crippen molar-refractivity contribution in [1.82, 2.24) is 0 Å². The molecule has 0 aromatic carbocycles. The summed E-state index contributed by atoms with van der Waals surface area (Å²) in [6.45, 7) is 3.43. The second-order valence-corrected chi connectivity index (χ2v) is 16.9. The number of hydrogen-bond donors (Lipinski definition) is 7. The van der Waals surface area contributed by atoms with Crippen LogP contribution in [0.5, 0.6) is 0 Å². The smallest absolute Gasteiger partial charge is 0.460 e. The minimum atomic E-state index is -5.14. The van der Waals surface area contributed by atoms with E-state index in [0.29, 0.717) is 19.3 Å². The Balaban J connectivity index is 2.61. The molecule has 14 nitrogen and oxygen atoms in total. The van der Waals surface area contributed by atoms with Crippen LogP contribution in [0.2, 0.25) is 0 Å². The van der Waals surface area contributed by atoms with E-state index in [9.17, 15) is 53.8 Å². The summed E-state index contributed by atoms with van der Waals surface area (Å²) in [5.41, 5.74) is 0. The molecule has 48 heavy (non-hydrogen) atoms. The van der Waals surface area contributed by atoms with Gasteiger partial charge < -0.3 is 39.8 Å². The van der Waals surface area contributed by atoms with Crippen molar-refractivity contribution in [2.75, 3.05) is 18.5 Å². The van der Waals surface area contributed by atoms with Gasteiger partial charge in [0.15, 0.2) is 5.12 Å². The van der Waals surface area contributed by atoms with Crippen LogP contribution in [-0.2, 0) is 32.5 Å². The van der Waals surface area contributed by atoms with Gasteiger partial charge in [-0.25, -0.2) is 4.57 Å². The van der Waals surface area contributed by atoms with Crippen LogP contribution in [0.3, 0.4) is 0 Å². The molecule has 0 aliphatic heterocycles. The third-order valence-electron chi connectivity index (χ3n) is 8.32. The van der Waals surface area contributed by atoms with Gasteiger partial charge in [-0.3, -0.25) is 23.2 Å². The molecule has 0 aromatic rings. The Labute approximate surface area is 289 Å². The number of aliphatic hydroxyl groups is 4. The summed E-state index contributed by atoms with van der Waals surface area (Å²) in [5, 5.41) is 41.1.